The molecule has 50 heavy (non-hydrogen) atoms. The number of unbranched alkanes of at least 4 members (excludes halogenated alkanes) is 7. The Balaban J connectivity index is 0.00000433. The van der Waals surface area contributed by atoms with Gasteiger partial charge in [-0.1, -0.05) is 149 Å². The molecule has 0 fully saturated rings. The van der Waals surface area contributed by atoms with Crippen LogP contribution in [0, 0.1) is 0 Å². The summed E-state index contributed by atoms with van der Waals surface area (Å²) >= 11 is 0. The number of phenolic OH excluding ortho intramolecular Hbond substituents is 2. The number of nitrogens with one attached hydrogen (secondary N) is 1. The fraction of sp³-hybridized carbons (Fsp3) is 0.442. The van der Waals surface area contributed by atoms with Crippen LogP contribution in [0.15, 0.2) is 109 Å². The van der Waals surface area contributed by atoms with E-state index in [1.54, 1.807) is 12.1 Å². The van der Waals surface area contributed by atoms with E-state index in [2.05, 4.69) is 72.9 Å². The summed E-state index contributed by atoms with van der Waals surface area (Å²) in [6, 6.07) is 36.7. The van der Waals surface area contributed by atoms with Crippen LogP contribution in [0.2, 0.25) is 0 Å². The first-order valence-corrected chi connectivity index (χ1v) is 18.4. The Bertz CT molecular complexity index is 1440. The van der Waals surface area contributed by atoms with E-state index >= 15 is 0 Å². The van der Waals surface area contributed by atoms with Crippen molar-refractivity contribution in [3.63, 3.8) is 0 Å². The van der Waals surface area contributed by atoms with Gasteiger partial charge in [0.2, 0.25) is 0 Å². The summed E-state index contributed by atoms with van der Waals surface area (Å²) in [6.45, 7) is 4.50. The molecule has 0 aliphatic heterocycles. The Hall–Kier alpha value is -3.06. The minimum Gasteiger partial charge on any atom is -1.00 e. The van der Waals surface area contributed by atoms with E-state index in [4.69, 9.17) is 0 Å². The van der Waals surface area contributed by atoms with E-state index < -0.39 is 0 Å². The molecule has 0 spiro atoms. The third-order valence-electron chi connectivity index (χ3n) is 9.91. The van der Waals surface area contributed by atoms with Gasteiger partial charge in [-0.3, -0.25) is 5.32 Å². The lowest BCUT2D eigenvalue weighted by Crippen LogP contribution is -3.00. The SMILES string of the molecule is CCCCCCCCCCC(NC(Cc1ccccc1)Cc1ccccc1O)[N+](CCO)(CCc1ccccc1O)Cc1ccccc1.Cl.[Cl-]. The van der Waals surface area contributed by atoms with E-state index in [0.717, 1.165) is 43.5 Å². The molecule has 3 unspecified atom stereocenters. The van der Waals surface area contributed by atoms with Crippen LogP contribution in [0.1, 0.15) is 87.0 Å². The average Bonchev–Trinajstić information content (AvgIpc) is 3.10. The van der Waals surface area contributed by atoms with Crippen LogP contribution in [-0.4, -0.2) is 51.7 Å². The predicted octanol–water partition coefficient (Wildman–Crippen LogP) is 6.38. The third kappa shape index (κ3) is 14.3. The van der Waals surface area contributed by atoms with Crippen molar-refractivity contribution in [1.82, 2.24) is 5.32 Å². The number of rotatable bonds is 23. The van der Waals surface area contributed by atoms with Crippen LogP contribution >= 0.6 is 12.4 Å². The monoisotopic (exact) mass is 722 g/mol. The van der Waals surface area contributed by atoms with Crippen LogP contribution in [-0.2, 0) is 25.8 Å². The Kier molecular flexibility index (Phi) is 20.8. The minimum atomic E-state index is 0. The van der Waals surface area contributed by atoms with Crippen LogP contribution in [0.3, 0.4) is 0 Å². The lowest BCUT2D eigenvalue weighted by Gasteiger charge is -2.47. The fourth-order valence-corrected chi connectivity index (χ4v) is 7.20. The summed E-state index contributed by atoms with van der Waals surface area (Å²) in [5.74, 6) is 0.658. The van der Waals surface area contributed by atoms with Crippen LogP contribution < -0.4 is 17.7 Å². The van der Waals surface area contributed by atoms with Gasteiger partial charge in [-0.05, 0) is 48.1 Å². The van der Waals surface area contributed by atoms with Gasteiger partial charge in [0.25, 0.3) is 0 Å². The summed E-state index contributed by atoms with van der Waals surface area (Å²) in [7, 11) is 0. The molecule has 4 N–H and O–H groups in total. The summed E-state index contributed by atoms with van der Waals surface area (Å²) in [6.07, 6.45) is 13.3. The highest BCUT2D eigenvalue weighted by molar-refractivity contribution is 5.85. The van der Waals surface area contributed by atoms with Gasteiger partial charge in [-0.25, -0.2) is 0 Å². The van der Waals surface area contributed by atoms with E-state index in [9.17, 15) is 15.3 Å². The largest absolute Gasteiger partial charge is 1.00 e. The highest BCUT2D eigenvalue weighted by Crippen LogP contribution is 2.28. The first kappa shape index (κ1) is 43.1. The number of aromatic hydroxyl groups is 2. The summed E-state index contributed by atoms with van der Waals surface area (Å²) in [5, 5.41) is 36.5. The van der Waals surface area contributed by atoms with Gasteiger partial charge in [0.1, 0.15) is 30.8 Å². The molecule has 5 nitrogen and oxygen atoms in total. The van der Waals surface area contributed by atoms with E-state index in [1.807, 2.05) is 36.4 Å². The zero-order valence-corrected chi connectivity index (χ0v) is 31.5. The summed E-state index contributed by atoms with van der Waals surface area (Å²) in [5.41, 5.74) is 4.38. The number of hydrogen-bond acceptors (Lipinski definition) is 4. The van der Waals surface area contributed by atoms with Crippen molar-refractivity contribution in [2.45, 2.75) is 103 Å². The van der Waals surface area contributed by atoms with Crippen molar-refractivity contribution in [1.29, 1.82) is 0 Å². The number of quaternary nitrogens is 1. The van der Waals surface area contributed by atoms with E-state index in [1.165, 1.54) is 56.1 Å². The highest BCUT2D eigenvalue weighted by Gasteiger charge is 2.38. The van der Waals surface area contributed by atoms with Gasteiger partial charge in [0, 0.05) is 24.4 Å². The minimum absolute atomic E-state index is 0. The van der Waals surface area contributed by atoms with Gasteiger partial charge in [-0.2, -0.15) is 0 Å². The molecule has 0 bridgehead atoms. The zero-order valence-electron chi connectivity index (χ0n) is 29.9. The summed E-state index contributed by atoms with van der Waals surface area (Å²) < 4.78 is 0.664. The molecule has 0 aliphatic rings. The normalized spacial score (nSPS) is 13.4. The van der Waals surface area contributed by atoms with Crippen molar-refractivity contribution in [2.24, 2.45) is 0 Å². The molecule has 274 valence electrons. The maximum absolute atomic E-state index is 10.8. The van der Waals surface area contributed by atoms with Crippen LogP contribution in [0.5, 0.6) is 11.5 Å². The standard InChI is InChI=1S/C43H58N2O3.2ClH/c1-2-3-4-5-6-7-8-15-28-43(44-40(33-36-20-11-9-12-21-36)34-39-25-17-19-27-42(39)48)45(31-32-46,35-37-22-13-10-14-23-37)30-29-38-24-16-18-26-41(38)47;;/h9-14,16-27,40,43-44,46H,2-8,15,28-35H2,1H3,(H-,47,48);2*1H. The highest BCUT2D eigenvalue weighted by atomic mass is 35.5. The van der Waals surface area contributed by atoms with Crippen molar-refractivity contribution >= 4 is 12.4 Å². The maximum atomic E-state index is 10.8. The number of nitrogens with zero attached hydrogens (tertiary/aromatic N) is 1. The number of aliphatic hydroxyl groups excluding tert-OH is 1. The van der Waals surface area contributed by atoms with E-state index in [0.29, 0.717) is 35.4 Å². The predicted molar refractivity (Wildman–Crippen MR) is 206 cm³/mol. The lowest BCUT2D eigenvalue weighted by atomic mass is 9.96. The molecule has 0 saturated carbocycles. The molecular weight excluding hydrogens is 663 g/mol. The molecular formula is C43H60Cl2N2O3. The number of hydrogen-bond donors (Lipinski definition) is 4. The maximum Gasteiger partial charge on any atom is 0.143 e. The van der Waals surface area contributed by atoms with Gasteiger partial charge in [-0.15, -0.1) is 12.4 Å². The van der Waals surface area contributed by atoms with Crippen LogP contribution in [0.25, 0.3) is 0 Å². The first-order valence-electron chi connectivity index (χ1n) is 18.4. The Morgan fingerprint density at radius 1 is 0.600 bits per heavy atom. The fourth-order valence-electron chi connectivity index (χ4n) is 7.20. The van der Waals surface area contributed by atoms with Crippen molar-refractivity contribution in [2.75, 3.05) is 19.7 Å². The second-order valence-corrected chi connectivity index (χ2v) is 13.6. The smallest absolute Gasteiger partial charge is 0.143 e. The number of halogens is 2. The Morgan fingerprint density at radius 2 is 1.12 bits per heavy atom. The van der Waals surface area contributed by atoms with Crippen molar-refractivity contribution in [3.05, 3.63) is 131 Å². The third-order valence-corrected chi connectivity index (χ3v) is 9.91. The molecule has 0 aliphatic carbocycles. The molecule has 0 amide bonds. The molecule has 4 aromatic carbocycles. The number of phenols is 2. The lowest BCUT2D eigenvalue weighted by molar-refractivity contribution is -0.967. The van der Waals surface area contributed by atoms with Gasteiger partial charge >= 0.3 is 0 Å². The first-order chi connectivity index (χ1) is 23.5. The number of benzene rings is 4. The molecule has 0 radical (unpaired) electrons. The van der Waals surface area contributed by atoms with Gasteiger partial charge < -0.3 is 32.2 Å². The van der Waals surface area contributed by atoms with E-state index in [-0.39, 0.29) is 43.6 Å². The van der Waals surface area contributed by atoms with Crippen molar-refractivity contribution in [3.8, 4) is 11.5 Å². The van der Waals surface area contributed by atoms with Gasteiger partial charge in [0.15, 0.2) is 0 Å². The molecule has 0 aromatic heterocycles. The van der Waals surface area contributed by atoms with Crippen molar-refractivity contribution < 1.29 is 32.2 Å². The zero-order chi connectivity index (χ0) is 33.9. The quantitative estimate of drug-likeness (QED) is 0.0408. The second-order valence-electron chi connectivity index (χ2n) is 13.6. The van der Waals surface area contributed by atoms with Gasteiger partial charge in [0.05, 0.1) is 13.2 Å². The Labute approximate surface area is 314 Å². The topological polar surface area (TPSA) is 72.7 Å². The molecule has 4 aromatic rings. The molecule has 4 rings (SSSR count). The van der Waals surface area contributed by atoms with Crippen LogP contribution in [0.4, 0.5) is 0 Å². The summed E-state index contributed by atoms with van der Waals surface area (Å²) in [4.78, 5) is 0. The molecule has 0 saturated heterocycles. The average molecular weight is 724 g/mol. The molecule has 3 atom stereocenters. The second kappa shape index (κ2) is 24.2. The number of para-hydroxylation sites is 2. The number of aliphatic hydroxyl groups is 1. The molecule has 0 heterocycles. The molecule has 7 heteroatoms. The Morgan fingerprint density at radius 3 is 1.70 bits per heavy atom.